The van der Waals surface area contributed by atoms with Crippen molar-refractivity contribution in [1.29, 1.82) is 0 Å². The summed E-state index contributed by atoms with van der Waals surface area (Å²) in [6.45, 7) is 7.86. The zero-order chi connectivity index (χ0) is 14.1. The van der Waals surface area contributed by atoms with Gasteiger partial charge in [0.15, 0.2) is 0 Å². The van der Waals surface area contributed by atoms with Crippen LogP contribution >= 0.6 is 0 Å². The van der Waals surface area contributed by atoms with Gasteiger partial charge in [-0.1, -0.05) is 50.3 Å². The molecule has 1 aromatic rings. The van der Waals surface area contributed by atoms with E-state index in [0.717, 1.165) is 24.3 Å². The fourth-order valence-electron chi connectivity index (χ4n) is 3.85. The summed E-state index contributed by atoms with van der Waals surface area (Å²) in [5.41, 5.74) is 2.83. The monoisotopic (exact) mass is 269 g/mol. The van der Waals surface area contributed by atoms with Gasteiger partial charge in [0.1, 0.15) is 0 Å². The maximum Gasteiger partial charge on any atom is 0.0208 e. The van der Waals surface area contributed by atoms with Crippen LogP contribution in [0.25, 0.3) is 0 Å². The molecule has 4 unspecified atom stereocenters. The van der Waals surface area contributed by atoms with Crippen LogP contribution < -0.4 is 5.32 Å². The van der Waals surface area contributed by atoms with E-state index in [-0.39, 0.29) is 0 Å². The van der Waals surface area contributed by atoms with Gasteiger partial charge in [0.05, 0.1) is 0 Å². The van der Waals surface area contributed by atoms with Crippen LogP contribution in [0.5, 0.6) is 0 Å². The summed E-state index contributed by atoms with van der Waals surface area (Å²) in [6, 6.07) is 9.71. The molecule has 20 heavy (non-hydrogen) atoms. The number of allylic oxidation sites excluding steroid dienone is 2. The van der Waals surface area contributed by atoms with Gasteiger partial charge in [-0.3, -0.25) is 0 Å². The second kappa shape index (κ2) is 5.73. The number of nitrogens with one attached hydrogen (secondary N) is 1. The Kier molecular flexibility index (Phi) is 3.98. The highest BCUT2D eigenvalue weighted by atomic mass is 14.9. The third-order valence-electron chi connectivity index (χ3n) is 5.25. The summed E-state index contributed by atoms with van der Waals surface area (Å²) < 4.78 is 0. The minimum Gasteiger partial charge on any atom is -0.310 e. The highest BCUT2D eigenvalue weighted by Crippen LogP contribution is 2.44. The Hall–Kier alpha value is -1.08. The third-order valence-corrected chi connectivity index (χ3v) is 5.25. The molecule has 2 bridgehead atoms. The summed E-state index contributed by atoms with van der Waals surface area (Å²) in [6.07, 6.45) is 7.67. The first-order valence-corrected chi connectivity index (χ1v) is 8.14. The summed E-state index contributed by atoms with van der Waals surface area (Å²) in [7, 11) is 0. The van der Waals surface area contributed by atoms with E-state index in [4.69, 9.17) is 0 Å². The van der Waals surface area contributed by atoms with Crippen molar-refractivity contribution in [3.05, 3.63) is 47.5 Å². The zero-order valence-electron chi connectivity index (χ0n) is 13.0. The van der Waals surface area contributed by atoms with Gasteiger partial charge >= 0.3 is 0 Å². The van der Waals surface area contributed by atoms with E-state index in [2.05, 4.69) is 62.5 Å². The van der Waals surface area contributed by atoms with Gasteiger partial charge in [0.2, 0.25) is 0 Å². The fourth-order valence-corrected chi connectivity index (χ4v) is 3.85. The van der Waals surface area contributed by atoms with E-state index in [1.807, 2.05) is 0 Å². The molecular formula is C19H27N. The number of hydrogen-bond acceptors (Lipinski definition) is 1. The number of benzene rings is 1. The Morgan fingerprint density at radius 1 is 1.05 bits per heavy atom. The van der Waals surface area contributed by atoms with Crippen molar-refractivity contribution >= 4 is 0 Å². The van der Waals surface area contributed by atoms with Gasteiger partial charge < -0.3 is 5.32 Å². The lowest BCUT2D eigenvalue weighted by Crippen LogP contribution is -2.35. The van der Waals surface area contributed by atoms with Crippen LogP contribution in [0, 0.1) is 17.8 Å². The Morgan fingerprint density at radius 3 is 2.35 bits per heavy atom. The Morgan fingerprint density at radius 2 is 1.80 bits per heavy atom. The number of rotatable bonds is 5. The predicted octanol–water partition coefficient (Wildman–Crippen LogP) is 4.50. The maximum atomic E-state index is 3.74. The molecule has 1 fully saturated rings. The Bertz CT molecular complexity index is 471. The van der Waals surface area contributed by atoms with E-state index in [9.17, 15) is 0 Å². The van der Waals surface area contributed by atoms with E-state index >= 15 is 0 Å². The van der Waals surface area contributed by atoms with Crippen LogP contribution in [0.2, 0.25) is 0 Å². The van der Waals surface area contributed by atoms with Crippen LogP contribution in [0.4, 0.5) is 0 Å². The molecule has 0 spiro atoms. The first-order valence-electron chi connectivity index (χ1n) is 8.14. The summed E-state index contributed by atoms with van der Waals surface area (Å²) >= 11 is 0. The first kappa shape index (κ1) is 13.9. The molecule has 0 amide bonds. The van der Waals surface area contributed by atoms with Crippen LogP contribution in [0.15, 0.2) is 36.4 Å². The third kappa shape index (κ3) is 2.83. The molecule has 108 valence electrons. The first-order chi connectivity index (χ1) is 9.63. The SMILES string of the molecule is CC(C)c1ccc(CNC(C)C2CC3C=CC2C3)cc1. The molecule has 1 nitrogen and oxygen atoms in total. The summed E-state index contributed by atoms with van der Waals surface area (Å²) in [5.74, 6) is 3.18. The van der Waals surface area contributed by atoms with Gasteiger partial charge in [-0.05, 0) is 54.6 Å². The molecule has 0 saturated heterocycles. The van der Waals surface area contributed by atoms with Crippen molar-refractivity contribution in [2.24, 2.45) is 17.8 Å². The van der Waals surface area contributed by atoms with Gasteiger partial charge in [-0.25, -0.2) is 0 Å². The summed E-state index contributed by atoms with van der Waals surface area (Å²) in [4.78, 5) is 0. The van der Waals surface area contributed by atoms with Crippen molar-refractivity contribution in [2.45, 2.75) is 52.1 Å². The van der Waals surface area contributed by atoms with Gasteiger partial charge in [0.25, 0.3) is 0 Å². The minimum absolute atomic E-state index is 0.622. The lowest BCUT2D eigenvalue weighted by molar-refractivity contribution is 0.326. The maximum absolute atomic E-state index is 3.74. The highest BCUT2D eigenvalue weighted by molar-refractivity contribution is 5.24. The van der Waals surface area contributed by atoms with Crippen molar-refractivity contribution in [2.75, 3.05) is 0 Å². The smallest absolute Gasteiger partial charge is 0.0208 e. The molecule has 1 heteroatoms. The average Bonchev–Trinajstić information content (AvgIpc) is 3.08. The van der Waals surface area contributed by atoms with E-state index in [1.54, 1.807) is 0 Å². The molecule has 1 saturated carbocycles. The van der Waals surface area contributed by atoms with Crippen molar-refractivity contribution in [3.63, 3.8) is 0 Å². The molecule has 2 aliphatic carbocycles. The molecule has 0 aromatic heterocycles. The number of hydrogen-bond donors (Lipinski definition) is 1. The molecular weight excluding hydrogens is 242 g/mol. The second-order valence-electron chi connectivity index (χ2n) is 7.01. The van der Waals surface area contributed by atoms with Crippen LogP contribution in [0.1, 0.15) is 50.7 Å². The quantitative estimate of drug-likeness (QED) is 0.776. The molecule has 0 radical (unpaired) electrons. The van der Waals surface area contributed by atoms with Crippen LogP contribution in [-0.2, 0) is 6.54 Å². The standard InChI is InChI=1S/C19H27N/c1-13(2)17-7-4-15(5-8-17)12-20-14(3)19-11-16-6-9-18(19)10-16/h4-9,13-14,16,18-20H,10-12H2,1-3H3. The van der Waals surface area contributed by atoms with Crippen molar-refractivity contribution < 1.29 is 0 Å². The van der Waals surface area contributed by atoms with Gasteiger partial charge in [-0.15, -0.1) is 0 Å². The van der Waals surface area contributed by atoms with Crippen molar-refractivity contribution in [1.82, 2.24) is 5.32 Å². The molecule has 3 rings (SSSR count). The largest absolute Gasteiger partial charge is 0.310 e. The summed E-state index contributed by atoms with van der Waals surface area (Å²) in [5, 5.41) is 3.74. The topological polar surface area (TPSA) is 12.0 Å². The fraction of sp³-hybridized carbons (Fsp3) is 0.579. The molecule has 2 aliphatic rings. The van der Waals surface area contributed by atoms with E-state index in [0.29, 0.717) is 12.0 Å². The van der Waals surface area contributed by atoms with Crippen LogP contribution in [-0.4, -0.2) is 6.04 Å². The predicted molar refractivity (Wildman–Crippen MR) is 85.7 cm³/mol. The van der Waals surface area contributed by atoms with Gasteiger partial charge in [-0.2, -0.15) is 0 Å². The lowest BCUT2D eigenvalue weighted by Gasteiger charge is -2.26. The molecule has 1 aromatic carbocycles. The Labute approximate surface area is 123 Å². The molecule has 0 heterocycles. The molecule has 4 atom stereocenters. The van der Waals surface area contributed by atoms with Gasteiger partial charge in [0, 0.05) is 12.6 Å². The normalized spacial score (nSPS) is 29.3. The molecule has 0 aliphatic heterocycles. The average molecular weight is 269 g/mol. The van der Waals surface area contributed by atoms with Crippen LogP contribution in [0.3, 0.4) is 0 Å². The van der Waals surface area contributed by atoms with E-state index in [1.165, 1.54) is 24.0 Å². The van der Waals surface area contributed by atoms with E-state index < -0.39 is 0 Å². The molecule has 1 N–H and O–H groups in total. The van der Waals surface area contributed by atoms with Crippen molar-refractivity contribution in [3.8, 4) is 0 Å². The Balaban J connectivity index is 1.53. The lowest BCUT2D eigenvalue weighted by atomic mass is 9.87. The minimum atomic E-state index is 0.622. The second-order valence-corrected chi connectivity index (χ2v) is 7.01. The zero-order valence-corrected chi connectivity index (χ0v) is 13.0. The highest BCUT2D eigenvalue weighted by Gasteiger charge is 2.38. The number of fused-ring (bicyclic) bond motifs is 2.